The van der Waals surface area contributed by atoms with E-state index in [9.17, 15) is 9.18 Å². The van der Waals surface area contributed by atoms with E-state index in [2.05, 4.69) is 15.5 Å². The standard InChI is InChI=1S/C17H26FN3O2/c1-23-11-3-2-9-19-17(22)20-12-14-8-10-21(13-14)16-6-4-15(18)5-7-16/h4-7,14H,2-3,8-13H2,1H3,(H2,19,20,22)/t14-/m1/s1. The third-order valence-electron chi connectivity index (χ3n) is 4.09. The highest BCUT2D eigenvalue weighted by Crippen LogP contribution is 2.23. The van der Waals surface area contributed by atoms with E-state index in [0.717, 1.165) is 44.6 Å². The minimum Gasteiger partial charge on any atom is -0.385 e. The number of urea groups is 1. The first-order chi connectivity index (χ1) is 11.2. The van der Waals surface area contributed by atoms with Gasteiger partial charge in [0.2, 0.25) is 0 Å². The van der Waals surface area contributed by atoms with Crippen LogP contribution in [0.4, 0.5) is 14.9 Å². The maximum atomic E-state index is 13.0. The third kappa shape index (κ3) is 6.06. The van der Waals surface area contributed by atoms with Gasteiger partial charge in [-0.2, -0.15) is 0 Å². The van der Waals surface area contributed by atoms with Crippen LogP contribution < -0.4 is 15.5 Å². The highest BCUT2D eigenvalue weighted by Gasteiger charge is 2.23. The Bertz CT molecular complexity index is 481. The molecule has 128 valence electrons. The predicted molar refractivity (Wildman–Crippen MR) is 89.2 cm³/mol. The van der Waals surface area contributed by atoms with Crippen molar-refractivity contribution < 1.29 is 13.9 Å². The van der Waals surface area contributed by atoms with Gasteiger partial charge in [-0.1, -0.05) is 0 Å². The molecule has 0 bridgehead atoms. The van der Waals surface area contributed by atoms with Gasteiger partial charge >= 0.3 is 6.03 Å². The lowest BCUT2D eigenvalue weighted by atomic mass is 10.1. The number of hydrogen-bond acceptors (Lipinski definition) is 3. The van der Waals surface area contributed by atoms with Crippen molar-refractivity contribution in [3.05, 3.63) is 30.1 Å². The zero-order valence-electron chi connectivity index (χ0n) is 13.7. The Labute approximate surface area is 137 Å². The lowest BCUT2D eigenvalue weighted by Crippen LogP contribution is -2.39. The van der Waals surface area contributed by atoms with E-state index in [1.54, 1.807) is 19.2 Å². The molecule has 1 aliphatic rings. The molecule has 1 aliphatic heterocycles. The Morgan fingerprint density at radius 3 is 2.83 bits per heavy atom. The summed E-state index contributed by atoms with van der Waals surface area (Å²) in [6.07, 6.45) is 2.90. The first-order valence-corrected chi connectivity index (χ1v) is 8.20. The van der Waals surface area contributed by atoms with Crippen LogP contribution in [0.15, 0.2) is 24.3 Å². The molecule has 1 atom stereocenters. The molecule has 2 N–H and O–H groups in total. The lowest BCUT2D eigenvalue weighted by Gasteiger charge is -2.19. The van der Waals surface area contributed by atoms with E-state index in [0.29, 0.717) is 19.0 Å². The molecule has 0 spiro atoms. The van der Waals surface area contributed by atoms with E-state index >= 15 is 0 Å². The molecule has 2 amide bonds. The number of unbranched alkanes of at least 4 members (excludes halogenated alkanes) is 1. The average Bonchev–Trinajstić information content (AvgIpc) is 3.02. The molecule has 0 aliphatic carbocycles. The summed E-state index contributed by atoms with van der Waals surface area (Å²) < 4.78 is 17.9. The number of amides is 2. The molecule has 23 heavy (non-hydrogen) atoms. The predicted octanol–water partition coefficient (Wildman–Crippen LogP) is 2.38. The summed E-state index contributed by atoms with van der Waals surface area (Å²) in [7, 11) is 1.68. The second-order valence-electron chi connectivity index (χ2n) is 5.91. The molecule has 1 fully saturated rings. The van der Waals surface area contributed by atoms with Gasteiger partial charge in [0, 0.05) is 45.6 Å². The number of rotatable bonds is 8. The van der Waals surface area contributed by atoms with Crippen molar-refractivity contribution in [3.63, 3.8) is 0 Å². The second kappa shape index (κ2) is 9.35. The highest BCUT2D eigenvalue weighted by atomic mass is 19.1. The van der Waals surface area contributed by atoms with Gasteiger partial charge in [-0.3, -0.25) is 0 Å². The smallest absolute Gasteiger partial charge is 0.314 e. The highest BCUT2D eigenvalue weighted by molar-refractivity contribution is 5.73. The van der Waals surface area contributed by atoms with Crippen molar-refractivity contribution in [1.29, 1.82) is 0 Å². The molecular weight excluding hydrogens is 297 g/mol. The SMILES string of the molecule is COCCCCNC(=O)NC[C@H]1CCN(c2ccc(F)cc2)C1. The zero-order chi connectivity index (χ0) is 16.5. The molecule has 1 saturated heterocycles. The van der Waals surface area contributed by atoms with Crippen LogP contribution in [0, 0.1) is 11.7 Å². The van der Waals surface area contributed by atoms with Crippen LogP contribution in [0.25, 0.3) is 0 Å². The molecule has 0 unspecified atom stereocenters. The number of nitrogens with zero attached hydrogens (tertiary/aromatic N) is 1. The summed E-state index contributed by atoms with van der Waals surface area (Å²) in [4.78, 5) is 13.9. The number of hydrogen-bond donors (Lipinski definition) is 2. The van der Waals surface area contributed by atoms with Crippen molar-refractivity contribution in [3.8, 4) is 0 Å². The zero-order valence-corrected chi connectivity index (χ0v) is 13.7. The summed E-state index contributed by atoms with van der Waals surface area (Å²) in [6.45, 7) is 3.89. The Balaban J connectivity index is 1.62. The van der Waals surface area contributed by atoms with Crippen LogP contribution in [0.2, 0.25) is 0 Å². The van der Waals surface area contributed by atoms with Gasteiger partial charge in [-0.05, 0) is 49.4 Å². The van der Waals surface area contributed by atoms with Gasteiger partial charge in [0.05, 0.1) is 0 Å². The van der Waals surface area contributed by atoms with Crippen LogP contribution in [0.3, 0.4) is 0 Å². The first kappa shape index (κ1) is 17.5. The Hall–Kier alpha value is -1.82. The minimum atomic E-state index is -0.215. The van der Waals surface area contributed by atoms with E-state index in [-0.39, 0.29) is 11.8 Å². The van der Waals surface area contributed by atoms with Crippen LogP contribution in [-0.2, 0) is 4.74 Å². The first-order valence-electron chi connectivity index (χ1n) is 8.20. The summed E-state index contributed by atoms with van der Waals surface area (Å²) in [5, 5.41) is 5.78. The number of ether oxygens (including phenoxy) is 1. The van der Waals surface area contributed by atoms with Gasteiger partial charge in [-0.25, -0.2) is 9.18 Å². The number of benzene rings is 1. The quantitative estimate of drug-likeness (QED) is 0.722. The van der Waals surface area contributed by atoms with Gasteiger partial charge < -0.3 is 20.3 Å². The normalized spacial score (nSPS) is 17.3. The number of anilines is 1. The molecule has 0 saturated carbocycles. The maximum Gasteiger partial charge on any atom is 0.314 e. The van der Waals surface area contributed by atoms with Gasteiger partial charge in [0.25, 0.3) is 0 Å². The second-order valence-corrected chi connectivity index (χ2v) is 5.91. The number of methoxy groups -OCH3 is 1. The molecule has 6 heteroatoms. The summed E-state index contributed by atoms with van der Waals surface area (Å²) in [5.41, 5.74) is 1.04. The fraction of sp³-hybridized carbons (Fsp3) is 0.588. The van der Waals surface area contributed by atoms with Crippen LogP contribution in [0.5, 0.6) is 0 Å². The lowest BCUT2D eigenvalue weighted by molar-refractivity contribution is 0.192. The molecule has 2 rings (SSSR count). The van der Waals surface area contributed by atoms with Gasteiger partial charge in [0.15, 0.2) is 0 Å². The van der Waals surface area contributed by atoms with Gasteiger partial charge in [0.1, 0.15) is 5.82 Å². The third-order valence-corrected chi connectivity index (χ3v) is 4.09. The molecule has 0 aromatic heterocycles. The van der Waals surface area contributed by atoms with Crippen LogP contribution >= 0.6 is 0 Å². The maximum absolute atomic E-state index is 13.0. The number of carbonyl (C=O) groups is 1. The topological polar surface area (TPSA) is 53.6 Å². The van der Waals surface area contributed by atoms with E-state index in [4.69, 9.17) is 4.74 Å². The van der Waals surface area contributed by atoms with Crippen LogP contribution in [0.1, 0.15) is 19.3 Å². The van der Waals surface area contributed by atoms with Crippen LogP contribution in [-0.4, -0.2) is 45.9 Å². The van der Waals surface area contributed by atoms with E-state index in [1.165, 1.54) is 12.1 Å². The summed E-state index contributed by atoms with van der Waals surface area (Å²) in [6, 6.07) is 6.47. The molecular formula is C17H26FN3O2. The fourth-order valence-corrected chi connectivity index (χ4v) is 2.76. The van der Waals surface area contributed by atoms with Gasteiger partial charge in [-0.15, -0.1) is 0 Å². The fourth-order valence-electron chi connectivity index (χ4n) is 2.76. The van der Waals surface area contributed by atoms with Crippen molar-refractivity contribution >= 4 is 11.7 Å². The van der Waals surface area contributed by atoms with E-state index in [1.807, 2.05) is 0 Å². The summed E-state index contributed by atoms with van der Waals surface area (Å²) in [5.74, 6) is 0.215. The average molecular weight is 323 g/mol. The number of nitrogens with one attached hydrogen (secondary N) is 2. The Morgan fingerprint density at radius 2 is 2.09 bits per heavy atom. The van der Waals surface area contributed by atoms with Crippen molar-refractivity contribution in [2.45, 2.75) is 19.3 Å². The molecule has 1 aromatic carbocycles. The molecule has 5 nitrogen and oxygen atoms in total. The molecule has 1 aromatic rings. The monoisotopic (exact) mass is 323 g/mol. The van der Waals surface area contributed by atoms with E-state index < -0.39 is 0 Å². The Morgan fingerprint density at radius 1 is 1.30 bits per heavy atom. The molecule has 0 radical (unpaired) electrons. The van der Waals surface area contributed by atoms with Crippen molar-refractivity contribution in [1.82, 2.24) is 10.6 Å². The number of carbonyl (C=O) groups excluding carboxylic acids is 1. The Kier molecular flexibility index (Phi) is 7.13. The number of halogens is 1. The summed E-state index contributed by atoms with van der Waals surface area (Å²) >= 11 is 0. The molecule has 1 heterocycles. The van der Waals surface area contributed by atoms with Crippen molar-refractivity contribution in [2.24, 2.45) is 5.92 Å². The minimum absolute atomic E-state index is 0.109. The van der Waals surface area contributed by atoms with Crippen molar-refractivity contribution in [2.75, 3.05) is 44.8 Å². The largest absolute Gasteiger partial charge is 0.385 e.